The Labute approximate surface area is 313 Å². The number of hydrogen-bond donors (Lipinski definition) is 0. The van der Waals surface area contributed by atoms with E-state index in [2.05, 4.69) is 195 Å². The Balaban J connectivity index is 1.14. The van der Waals surface area contributed by atoms with E-state index in [1.165, 1.54) is 91.6 Å². The first kappa shape index (κ1) is 30.4. The van der Waals surface area contributed by atoms with E-state index < -0.39 is 0 Å². The van der Waals surface area contributed by atoms with Crippen molar-refractivity contribution in [1.29, 1.82) is 0 Å². The van der Waals surface area contributed by atoms with E-state index in [1.807, 2.05) is 11.3 Å². The van der Waals surface area contributed by atoms with Gasteiger partial charge in [0.05, 0.1) is 5.69 Å². The van der Waals surface area contributed by atoms with Crippen LogP contribution >= 0.6 is 11.3 Å². The molecule has 0 unspecified atom stereocenters. The summed E-state index contributed by atoms with van der Waals surface area (Å²) < 4.78 is 2.62. The molecule has 11 rings (SSSR count). The summed E-state index contributed by atoms with van der Waals surface area (Å²) in [6, 6.07) is 65.4. The van der Waals surface area contributed by atoms with Crippen molar-refractivity contribution < 1.29 is 0 Å². The van der Waals surface area contributed by atoms with Gasteiger partial charge in [0.2, 0.25) is 0 Å². The highest BCUT2D eigenvalue weighted by Crippen LogP contribution is 2.54. The third-order valence-corrected chi connectivity index (χ3v) is 12.8. The van der Waals surface area contributed by atoms with Crippen molar-refractivity contribution in [2.75, 3.05) is 4.90 Å². The fourth-order valence-corrected chi connectivity index (χ4v) is 10.2. The molecule has 0 saturated heterocycles. The van der Waals surface area contributed by atoms with E-state index in [0.717, 1.165) is 11.4 Å². The van der Waals surface area contributed by atoms with Gasteiger partial charge in [-0.05, 0) is 103 Å². The maximum atomic E-state index is 2.48. The topological polar surface area (TPSA) is 3.24 Å². The second-order valence-electron chi connectivity index (χ2n) is 14.9. The van der Waals surface area contributed by atoms with E-state index in [-0.39, 0.29) is 5.41 Å². The van der Waals surface area contributed by atoms with Gasteiger partial charge in [0, 0.05) is 42.5 Å². The molecule has 1 heterocycles. The lowest BCUT2D eigenvalue weighted by molar-refractivity contribution is 0.660. The van der Waals surface area contributed by atoms with Crippen molar-refractivity contribution in [3.63, 3.8) is 0 Å². The molecule has 0 aliphatic heterocycles. The number of rotatable bonds is 4. The Morgan fingerprint density at radius 2 is 1.09 bits per heavy atom. The number of thiophene rings is 1. The molecule has 1 aromatic heterocycles. The number of anilines is 3. The van der Waals surface area contributed by atoms with Gasteiger partial charge in [-0.15, -0.1) is 11.3 Å². The number of hydrogen-bond acceptors (Lipinski definition) is 2. The van der Waals surface area contributed by atoms with Crippen LogP contribution in [0.1, 0.15) is 25.0 Å². The predicted octanol–water partition coefficient (Wildman–Crippen LogP) is 15.0. The summed E-state index contributed by atoms with van der Waals surface area (Å²) in [5.74, 6) is 0. The Hall–Kier alpha value is -6.22. The van der Waals surface area contributed by atoms with Gasteiger partial charge in [-0.25, -0.2) is 0 Å². The molecule has 0 radical (unpaired) electrons. The zero-order valence-corrected chi connectivity index (χ0v) is 30.4. The minimum absolute atomic E-state index is 0.0905. The standard InChI is InChI=1S/C51H35NS/c1-51(2)44-18-9-7-17-42(44)50-45(51)19-11-20-46(50)52(36-27-29-40-39-16-8-10-21-47(39)53-48(40)31-36)35-25-22-33(23-26-35)43-30-34-13-4-5-14-37(34)41-28-24-32-12-3-6-15-38(32)49(41)43/h3-31H,1-2H3. The minimum atomic E-state index is -0.0905. The highest BCUT2D eigenvalue weighted by Gasteiger charge is 2.37. The van der Waals surface area contributed by atoms with Crippen LogP contribution in [0.5, 0.6) is 0 Å². The second-order valence-corrected chi connectivity index (χ2v) is 16.0. The predicted molar refractivity (Wildman–Crippen MR) is 230 cm³/mol. The van der Waals surface area contributed by atoms with E-state index in [9.17, 15) is 0 Å². The second kappa shape index (κ2) is 11.4. The lowest BCUT2D eigenvalue weighted by Gasteiger charge is -2.29. The number of benzene rings is 9. The lowest BCUT2D eigenvalue weighted by Crippen LogP contribution is -2.16. The molecule has 0 bridgehead atoms. The van der Waals surface area contributed by atoms with Gasteiger partial charge >= 0.3 is 0 Å². The smallest absolute Gasteiger partial charge is 0.0543 e. The molecule has 0 spiro atoms. The van der Waals surface area contributed by atoms with Crippen molar-refractivity contribution in [3.8, 4) is 22.3 Å². The molecule has 1 nitrogen and oxygen atoms in total. The molecule has 10 aromatic rings. The summed E-state index contributed by atoms with van der Waals surface area (Å²) in [4.78, 5) is 2.48. The average Bonchev–Trinajstić information content (AvgIpc) is 3.69. The van der Waals surface area contributed by atoms with Crippen molar-refractivity contribution in [2.45, 2.75) is 19.3 Å². The van der Waals surface area contributed by atoms with Gasteiger partial charge in [0.1, 0.15) is 0 Å². The normalized spacial score (nSPS) is 13.2. The Bertz CT molecular complexity index is 3090. The maximum Gasteiger partial charge on any atom is 0.0543 e. The SMILES string of the molecule is CC1(C)c2ccccc2-c2c(N(c3ccc(-c4cc5ccccc5c5ccc6ccccc6c45)cc3)c3ccc4c(c3)sc3ccccc34)cccc21. The quantitative estimate of drug-likeness (QED) is 0.166. The first-order valence-electron chi connectivity index (χ1n) is 18.4. The van der Waals surface area contributed by atoms with Gasteiger partial charge in [-0.1, -0.05) is 147 Å². The van der Waals surface area contributed by atoms with E-state index in [0.29, 0.717) is 0 Å². The minimum Gasteiger partial charge on any atom is -0.310 e. The largest absolute Gasteiger partial charge is 0.310 e. The molecule has 0 amide bonds. The lowest BCUT2D eigenvalue weighted by atomic mass is 9.82. The van der Waals surface area contributed by atoms with Crippen molar-refractivity contribution in [2.24, 2.45) is 0 Å². The summed E-state index contributed by atoms with van der Waals surface area (Å²) in [5.41, 5.74) is 11.3. The number of fused-ring (bicyclic) bond motifs is 11. The molecule has 2 heteroatoms. The van der Waals surface area contributed by atoms with Crippen LogP contribution in [-0.2, 0) is 5.41 Å². The molecular weight excluding hydrogens is 659 g/mol. The summed E-state index contributed by atoms with van der Waals surface area (Å²) in [7, 11) is 0. The zero-order chi connectivity index (χ0) is 35.3. The van der Waals surface area contributed by atoms with E-state index in [4.69, 9.17) is 0 Å². The van der Waals surface area contributed by atoms with Crippen LogP contribution < -0.4 is 4.90 Å². The van der Waals surface area contributed by atoms with Crippen molar-refractivity contribution in [1.82, 2.24) is 0 Å². The van der Waals surface area contributed by atoms with Gasteiger partial charge in [-0.3, -0.25) is 0 Å². The molecule has 9 aromatic carbocycles. The van der Waals surface area contributed by atoms with Gasteiger partial charge in [0.15, 0.2) is 0 Å². The Morgan fingerprint density at radius 1 is 0.434 bits per heavy atom. The average molecular weight is 694 g/mol. The first-order valence-corrected chi connectivity index (χ1v) is 19.2. The monoisotopic (exact) mass is 693 g/mol. The fourth-order valence-electron chi connectivity index (χ4n) is 9.10. The van der Waals surface area contributed by atoms with Crippen molar-refractivity contribution >= 4 is 80.9 Å². The van der Waals surface area contributed by atoms with Gasteiger partial charge < -0.3 is 4.90 Å². The highest BCUT2D eigenvalue weighted by molar-refractivity contribution is 7.25. The van der Waals surface area contributed by atoms with Crippen LogP contribution in [0.2, 0.25) is 0 Å². The fraction of sp³-hybridized carbons (Fsp3) is 0.0588. The Kier molecular flexibility index (Phi) is 6.53. The molecule has 1 aliphatic rings. The summed E-state index contributed by atoms with van der Waals surface area (Å²) >= 11 is 1.87. The summed E-state index contributed by atoms with van der Waals surface area (Å²) in [5, 5.41) is 10.3. The molecule has 0 atom stereocenters. The highest BCUT2D eigenvalue weighted by atomic mass is 32.1. The molecule has 0 fully saturated rings. The van der Waals surface area contributed by atoms with Crippen LogP contribution in [-0.4, -0.2) is 0 Å². The Morgan fingerprint density at radius 3 is 1.96 bits per heavy atom. The third kappa shape index (κ3) is 4.49. The molecule has 250 valence electrons. The van der Waals surface area contributed by atoms with Crippen molar-refractivity contribution in [3.05, 3.63) is 187 Å². The maximum absolute atomic E-state index is 2.48. The molecular formula is C51H35NS. The molecule has 1 aliphatic carbocycles. The zero-order valence-electron chi connectivity index (χ0n) is 29.6. The third-order valence-electron chi connectivity index (χ3n) is 11.6. The summed E-state index contributed by atoms with van der Waals surface area (Å²) in [6.45, 7) is 4.73. The van der Waals surface area contributed by atoms with Gasteiger partial charge in [0.25, 0.3) is 0 Å². The van der Waals surface area contributed by atoms with Crippen LogP contribution in [0.15, 0.2) is 176 Å². The summed E-state index contributed by atoms with van der Waals surface area (Å²) in [6.07, 6.45) is 0. The van der Waals surface area contributed by atoms with Gasteiger partial charge in [-0.2, -0.15) is 0 Å². The van der Waals surface area contributed by atoms with Crippen LogP contribution in [0, 0.1) is 0 Å². The molecule has 0 saturated carbocycles. The molecule has 0 N–H and O–H groups in total. The van der Waals surface area contributed by atoms with Crippen LogP contribution in [0.4, 0.5) is 17.1 Å². The van der Waals surface area contributed by atoms with Crippen LogP contribution in [0.3, 0.4) is 0 Å². The molecule has 53 heavy (non-hydrogen) atoms. The van der Waals surface area contributed by atoms with E-state index in [1.54, 1.807) is 0 Å². The van der Waals surface area contributed by atoms with Crippen LogP contribution in [0.25, 0.3) is 74.7 Å². The first-order chi connectivity index (χ1) is 26.0. The number of nitrogens with zero attached hydrogens (tertiary/aromatic N) is 1. The van der Waals surface area contributed by atoms with E-state index >= 15 is 0 Å².